The average Bonchev–Trinajstić information content (AvgIpc) is 2.69. The highest BCUT2D eigenvalue weighted by atomic mass is 16.5. The fraction of sp³-hybridized carbons (Fsp3) is 0.364. The van der Waals surface area contributed by atoms with E-state index in [1.807, 2.05) is 18.2 Å². The monoisotopic (exact) mass is 400 g/mol. The SMILES string of the molecule is CCN(CC)c1ccc(/C(COc2ccc(C(=O)O)c(O)c2)=N/O)cc1C(C)C. The fourth-order valence-corrected chi connectivity index (χ4v) is 3.15. The summed E-state index contributed by atoms with van der Waals surface area (Å²) in [6.07, 6.45) is 0. The number of aromatic carboxylic acids is 1. The molecule has 0 unspecified atom stereocenters. The van der Waals surface area contributed by atoms with Gasteiger partial charge in [0.25, 0.3) is 0 Å². The summed E-state index contributed by atoms with van der Waals surface area (Å²) in [6, 6.07) is 9.85. The number of phenols is 1. The Hall–Kier alpha value is -3.22. The summed E-state index contributed by atoms with van der Waals surface area (Å²) in [5, 5.41) is 31.6. The zero-order valence-corrected chi connectivity index (χ0v) is 17.2. The Morgan fingerprint density at radius 1 is 1.14 bits per heavy atom. The molecular formula is C22H28N2O5. The van der Waals surface area contributed by atoms with E-state index in [0.29, 0.717) is 5.71 Å². The number of carboxylic acids is 1. The number of carbonyl (C=O) groups is 1. The molecule has 0 aliphatic carbocycles. The highest BCUT2D eigenvalue weighted by Gasteiger charge is 2.16. The topological polar surface area (TPSA) is 103 Å². The molecule has 0 aromatic heterocycles. The predicted octanol–water partition coefficient (Wildman–Crippen LogP) is 4.32. The van der Waals surface area contributed by atoms with Crippen LogP contribution in [-0.2, 0) is 0 Å². The third-order valence-electron chi connectivity index (χ3n) is 4.78. The molecule has 0 amide bonds. The molecule has 29 heavy (non-hydrogen) atoms. The van der Waals surface area contributed by atoms with Gasteiger partial charge in [-0.15, -0.1) is 0 Å². The number of anilines is 1. The van der Waals surface area contributed by atoms with E-state index in [4.69, 9.17) is 9.84 Å². The second-order valence-corrected chi connectivity index (χ2v) is 6.92. The number of hydrogen-bond acceptors (Lipinski definition) is 6. The molecule has 0 heterocycles. The molecule has 0 spiro atoms. The summed E-state index contributed by atoms with van der Waals surface area (Å²) >= 11 is 0. The number of aromatic hydroxyl groups is 1. The van der Waals surface area contributed by atoms with Gasteiger partial charge < -0.3 is 25.1 Å². The fourth-order valence-electron chi connectivity index (χ4n) is 3.15. The normalized spacial score (nSPS) is 11.6. The van der Waals surface area contributed by atoms with Crippen LogP contribution in [0.3, 0.4) is 0 Å². The van der Waals surface area contributed by atoms with Crippen molar-refractivity contribution in [2.75, 3.05) is 24.6 Å². The van der Waals surface area contributed by atoms with Crippen molar-refractivity contribution in [2.45, 2.75) is 33.6 Å². The van der Waals surface area contributed by atoms with Crippen molar-refractivity contribution in [3.8, 4) is 11.5 Å². The van der Waals surface area contributed by atoms with Crippen molar-refractivity contribution < 1.29 is 25.0 Å². The number of carboxylic acid groups (broad SMARTS) is 1. The lowest BCUT2D eigenvalue weighted by molar-refractivity contribution is 0.0693. The van der Waals surface area contributed by atoms with Crippen molar-refractivity contribution >= 4 is 17.4 Å². The maximum absolute atomic E-state index is 11.0. The largest absolute Gasteiger partial charge is 0.507 e. The van der Waals surface area contributed by atoms with E-state index in [1.54, 1.807) is 0 Å². The molecule has 7 nitrogen and oxygen atoms in total. The molecule has 0 radical (unpaired) electrons. The summed E-state index contributed by atoms with van der Waals surface area (Å²) in [5.41, 5.74) is 3.16. The van der Waals surface area contributed by atoms with Gasteiger partial charge in [0.2, 0.25) is 0 Å². The molecule has 0 fully saturated rings. The third-order valence-corrected chi connectivity index (χ3v) is 4.78. The summed E-state index contributed by atoms with van der Waals surface area (Å²) in [5.74, 6) is -1.05. The zero-order chi connectivity index (χ0) is 21.6. The molecule has 7 heteroatoms. The van der Waals surface area contributed by atoms with Crippen LogP contribution >= 0.6 is 0 Å². The van der Waals surface area contributed by atoms with Crippen molar-refractivity contribution in [2.24, 2.45) is 5.16 Å². The Kier molecular flexibility index (Phi) is 7.47. The minimum absolute atomic E-state index is 0.0372. The number of rotatable bonds is 9. The Bertz CT molecular complexity index is 889. The van der Waals surface area contributed by atoms with Crippen LogP contribution in [0.15, 0.2) is 41.6 Å². The number of oxime groups is 1. The molecule has 156 valence electrons. The molecule has 0 atom stereocenters. The number of nitrogens with zero attached hydrogens (tertiary/aromatic N) is 2. The summed E-state index contributed by atoms with van der Waals surface area (Å²) in [7, 11) is 0. The van der Waals surface area contributed by atoms with Crippen LogP contribution in [0, 0.1) is 0 Å². The molecule has 0 aliphatic heterocycles. The van der Waals surface area contributed by atoms with Crippen LogP contribution in [0.5, 0.6) is 11.5 Å². The minimum Gasteiger partial charge on any atom is -0.507 e. The first kappa shape index (κ1) is 22.1. The molecule has 2 rings (SSSR count). The van der Waals surface area contributed by atoms with Crippen LogP contribution in [-0.4, -0.2) is 46.8 Å². The van der Waals surface area contributed by atoms with Gasteiger partial charge in [-0.2, -0.15) is 0 Å². The first-order chi connectivity index (χ1) is 13.8. The van der Waals surface area contributed by atoms with Crippen molar-refractivity contribution in [1.29, 1.82) is 0 Å². The first-order valence-electron chi connectivity index (χ1n) is 9.61. The van der Waals surface area contributed by atoms with E-state index in [9.17, 15) is 15.1 Å². The molecular weight excluding hydrogens is 372 g/mol. The lowest BCUT2D eigenvalue weighted by Crippen LogP contribution is -2.24. The molecule has 0 saturated heterocycles. The summed E-state index contributed by atoms with van der Waals surface area (Å²) < 4.78 is 5.60. The zero-order valence-electron chi connectivity index (χ0n) is 17.2. The van der Waals surface area contributed by atoms with Crippen LogP contribution in [0.4, 0.5) is 5.69 Å². The van der Waals surface area contributed by atoms with Crippen molar-refractivity contribution in [3.05, 3.63) is 53.1 Å². The van der Waals surface area contributed by atoms with E-state index >= 15 is 0 Å². The Morgan fingerprint density at radius 2 is 1.83 bits per heavy atom. The number of ether oxygens (including phenoxy) is 1. The quantitative estimate of drug-likeness (QED) is 0.329. The van der Waals surface area contributed by atoms with Crippen molar-refractivity contribution in [1.82, 2.24) is 0 Å². The summed E-state index contributed by atoms with van der Waals surface area (Å²) in [4.78, 5) is 13.3. The molecule has 3 N–H and O–H groups in total. The second kappa shape index (κ2) is 9.82. The van der Waals surface area contributed by atoms with E-state index < -0.39 is 5.97 Å². The van der Waals surface area contributed by atoms with Gasteiger partial charge in [-0.1, -0.05) is 25.1 Å². The van der Waals surface area contributed by atoms with Gasteiger partial charge in [0, 0.05) is 30.4 Å². The maximum Gasteiger partial charge on any atom is 0.339 e. The van der Waals surface area contributed by atoms with E-state index in [-0.39, 0.29) is 29.6 Å². The Morgan fingerprint density at radius 3 is 2.34 bits per heavy atom. The van der Waals surface area contributed by atoms with E-state index in [0.717, 1.165) is 29.9 Å². The highest BCUT2D eigenvalue weighted by molar-refractivity contribution is 6.02. The Balaban J connectivity index is 2.25. The standard InChI is InChI=1S/C22H28N2O5/c1-5-24(6-2)20-10-7-15(11-18(20)14(3)4)19(23-28)13-29-16-8-9-17(22(26)27)21(25)12-16/h7-12,14,25,28H,5-6,13H2,1-4H3,(H,26,27)/b23-19+. The van der Waals surface area contributed by atoms with Gasteiger partial charge in [-0.25, -0.2) is 4.79 Å². The van der Waals surface area contributed by atoms with Crippen LogP contribution in [0.1, 0.15) is 55.1 Å². The van der Waals surface area contributed by atoms with E-state index in [1.165, 1.54) is 18.2 Å². The third kappa shape index (κ3) is 5.19. The van der Waals surface area contributed by atoms with Gasteiger partial charge in [0.05, 0.1) is 0 Å². The van der Waals surface area contributed by atoms with Crippen LogP contribution in [0.25, 0.3) is 0 Å². The van der Waals surface area contributed by atoms with E-state index in [2.05, 4.69) is 37.8 Å². The van der Waals surface area contributed by atoms with Crippen molar-refractivity contribution in [3.63, 3.8) is 0 Å². The molecule has 0 saturated carbocycles. The summed E-state index contributed by atoms with van der Waals surface area (Å²) in [6.45, 7) is 10.2. The molecule has 2 aromatic rings. The maximum atomic E-state index is 11.0. The molecule has 2 aromatic carbocycles. The van der Waals surface area contributed by atoms with Gasteiger partial charge in [-0.05, 0) is 49.6 Å². The number of hydrogen-bond donors (Lipinski definition) is 3. The Labute approximate surface area is 170 Å². The van der Waals surface area contributed by atoms with Gasteiger partial charge >= 0.3 is 5.97 Å². The highest BCUT2D eigenvalue weighted by Crippen LogP contribution is 2.29. The number of benzene rings is 2. The minimum atomic E-state index is -1.22. The average molecular weight is 400 g/mol. The lowest BCUT2D eigenvalue weighted by atomic mass is 9.96. The first-order valence-corrected chi connectivity index (χ1v) is 9.61. The van der Waals surface area contributed by atoms with Gasteiger partial charge in [-0.3, -0.25) is 0 Å². The van der Waals surface area contributed by atoms with Gasteiger partial charge in [0.15, 0.2) is 0 Å². The smallest absolute Gasteiger partial charge is 0.339 e. The predicted molar refractivity (Wildman–Crippen MR) is 113 cm³/mol. The van der Waals surface area contributed by atoms with Crippen LogP contribution in [0.2, 0.25) is 0 Å². The molecule has 0 bridgehead atoms. The second-order valence-electron chi connectivity index (χ2n) is 6.92. The van der Waals surface area contributed by atoms with Crippen LogP contribution < -0.4 is 9.64 Å². The van der Waals surface area contributed by atoms with Gasteiger partial charge in [0.1, 0.15) is 29.4 Å². The lowest BCUT2D eigenvalue weighted by Gasteiger charge is -2.26. The molecule has 0 aliphatic rings.